The molecular formula is C12H13NO3S. The molecule has 0 unspecified atom stereocenters. The van der Waals surface area contributed by atoms with E-state index in [9.17, 15) is 9.59 Å². The number of nitrogens with zero attached hydrogens (tertiary/aromatic N) is 1. The maximum Gasteiger partial charge on any atom is 0.332 e. The third kappa shape index (κ3) is 4.85. The molecule has 0 bridgehead atoms. The van der Waals surface area contributed by atoms with Gasteiger partial charge in [-0.25, -0.2) is 9.59 Å². The molecule has 1 atom stereocenters. The maximum absolute atomic E-state index is 11.2. The fourth-order valence-corrected chi connectivity index (χ4v) is 2.20. The second kappa shape index (κ2) is 7.65. The highest BCUT2D eigenvalue weighted by Crippen LogP contribution is 2.14. The second-order valence-corrected chi connectivity index (χ2v) is 4.29. The van der Waals surface area contributed by atoms with Crippen molar-refractivity contribution in [3.05, 3.63) is 35.9 Å². The lowest BCUT2D eigenvalue weighted by Gasteiger charge is -2.07. The number of benzene rings is 1. The van der Waals surface area contributed by atoms with Gasteiger partial charge in [0, 0.05) is 11.5 Å². The van der Waals surface area contributed by atoms with Crippen molar-refractivity contribution in [2.75, 3.05) is 12.9 Å². The first-order valence-electron chi connectivity index (χ1n) is 5.04. The van der Waals surface area contributed by atoms with Gasteiger partial charge in [-0.15, -0.1) is 0 Å². The van der Waals surface area contributed by atoms with E-state index in [1.54, 1.807) is 0 Å². The molecule has 0 saturated heterocycles. The number of methoxy groups -OCH3 is 1. The quantitative estimate of drug-likeness (QED) is 0.439. The predicted octanol–water partition coefficient (Wildman–Crippen LogP) is 1.80. The molecule has 90 valence electrons. The number of hydrogen-bond acceptors (Lipinski definition) is 5. The Morgan fingerprint density at radius 1 is 1.47 bits per heavy atom. The van der Waals surface area contributed by atoms with Crippen LogP contribution in [0, 0.1) is 0 Å². The number of hydrogen-bond donors (Lipinski definition) is 0. The smallest absolute Gasteiger partial charge is 0.332 e. The molecule has 0 N–H and O–H groups in total. The molecule has 5 heteroatoms. The first-order valence-corrected chi connectivity index (χ1v) is 6.20. The molecule has 0 aliphatic rings. The van der Waals surface area contributed by atoms with E-state index in [-0.39, 0.29) is 0 Å². The van der Waals surface area contributed by atoms with E-state index in [0.717, 1.165) is 11.3 Å². The van der Waals surface area contributed by atoms with E-state index in [2.05, 4.69) is 9.73 Å². The third-order valence-electron chi connectivity index (χ3n) is 2.07. The van der Waals surface area contributed by atoms with Gasteiger partial charge in [-0.1, -0.05) is 30.3 Å². The number of aliphatic imine (C=N–C) groups is 1. The lowest BCUT2D eigenvalue weighted by Crippen LogP contribution is -2.22. The van der Waals surface area contributed by atoms with Crippen molar-refractivity contribution in [3.63, 3.8) is 0 Å². The molecule has 17 heavy (non-hydrogen) atoms. The van der Waals surface area contributed by atoms with Gasteiger partial charge in [0.25, 0.3) is 0 Å². The van der Waals surface area contributed by atoms with E-state index in [1.807, 2.05) is 30.3 Å². The van der Waals surface area contributed by atoms with Crippen LogP contribution in [-0.4, -0.2) is 31.0 Å². The molecule has 1 aromatic rings. The van der Waals surface area contributed by atoms with Gasteiger partial charge in [0.1, 0.15) is 0 Å². The summed E-state index contributed by atoms with van der Waals surface area (Å²) in [5, 5.41) is 0. The van der Waals surface area contributed by atoms with Crippen LogP contribution in [0.25, 0.3) is 0 Å². The molecule has 0 heterocycles. The summed E-state index contributed by atoms with van der Waals surface area (Å²) in [7, 11) is 1.28. The van der Waals surface area contributed by atoms with Gasteiger partial charge in [0.2, 0.25) is 6.08 Å². The third-order valence-corrected chi connectivity index (χ3v) is 3.16. The van der Waals surface area contributed by atoms with Crippen LogP contribution < -0.4 is 0 Å². The Bertz CT molecular complexity index is 401. The topological polar surface area (TPSA) is 55.7 Å². The molecule has 0 aliphatic heterocycles. The molecule has 0 saturated carbocycles. The SMILES string of the molecule is COC(=O)[C@H](CSCc1ccccc1)N=C=O. The highest BCUT2D eigenvalue weighted by atomic mass is 32.2. The summed E-state index contributed by atoms with van der Waals surface area (Å²) in [6, 6.07) is 9.11. The van der Waals surface area contributed by atoms with Gasteiger partial charge in [0.15, 0.2) is 6.04 Å². The molecule has 1 rings (SSSR count). The van der Waals surface area contributed by atoms with Crippen LogP contribution in [0.15, 0.2) is 35.3 Å². The summed E-state index contributed by atoms with van der Waals surface area (Å²) >= 11 is 1.52. The average molecular weight is 251 g/mol. The van der Waals surface area contributed by atoms with E-state index < -0.39 is 12.0 Å². The minimum atomic E-state index is -0.758. The van der Waals surface area contributed by atoms with Crippen molar-refractivity contribution in [1.82, 2.24) is 0 Å². The Hall–Kier alpha value is -1.58. The zero-order valence-electron chi connectivity index (χ0n) is 9.46. The zero-order valence-corrected chi connectivity index (χ0v) is 10.3. The molecule has 4 nitrogen and oxygen atoms in total. The van der Waals surface area contributed by atoms with Crippen molar-refractivity contribution in [2.45, 2.75) is 11.8 Å². The number of rotatable bonds is 6. The van der Waals surface area contributed by atoms with Crippen LogP contribution >= 0.6 is 11.8 Å². The summed E-state index contributed by atoms with van der Waals surface area (Å²) in [5.74, 6) is 0.674. The van der Waals surface area contributed by atoms with Crippen LogP contribution in [0.3, 0.4) is 0 Å². The summed E-state index contributed by atoms with van der Waals surface area (Å²) in [6.07, 6.45) is 1.39. The van der Waals surface area contributed by atoms with Crippen LogP contribution in [-0.2, 0) is 20.1 Å². The van der Waals surface area contributed by atoms with Crippen molar-refractivity contribution in [3.8, 4) is 0 Å². The highest BCUT2D eigenvalue weighted by Gasteiger charge is 2.17. The van der Waals surface area contributed by atoms with Crippen molar-refractivity contribution >= 4 is 23.8 Å². The Morgan fingerprint density at radius 2 is 2.18 bits per heavy atom. The van der Waals surface area contributed by atoms with E-state index in [0.29, 0.717) is 5.75 Å². The van der Waals surface area contributed by atoms with Gasteiger partial charge in [-0.2, -0.15) is 16.8 Å². The number of carbonyl (C=O) groups is 1. The number of thioether (sulfide) groups is 1. The molecule has 0 aliphatic carbocycles. The van der Waals surface area contributed by atoms with E-state index in [1.165, 1.54) is 25.0 Å². The largest absolute Gasteiger partial charge is 0.467 e. The first kappa shape index (κ1) is 13.5. The second-order valence-electron chi connectivity index (χ2n) is 3.26. The lowest BCUT2D eigenvalue weighted by molar-refractivity contribution is -0.141. The zero-order chi connectivity index (χ0) is 12.5. The monoisotopic (exact) mass is 251 g/mol. The van der Waals surface area contributed by atoms with Crippen LogP contribution in [0.1, 0.15) is 5.56 Å². The maximum atomic E-state index is 11.2. The highest BCUT2D eigenvalue weighted by molar-refractivity contribution is 7.98. The molecular weight excluding hydrogens is 238 g/mol. The van der Waals surface area contributed by atoms with E-state index in [4.69, 9.17) is 0 Å². The Morgan fingerprint density at radius 3 is 2.76 bits per heavy atom. The van der Waals surface area contributed by atoms with Gasteiger partial charge in [-0.05, 0) is 5.56 Å². The van der Waals surface area contributed by atoms with Crippen LogP contribution in [0.2, 0.25) is 0 Å². The molecule has 1 aromatic carbocycles. The fraction of sp³-hybridized carbons (Fsp3) is 0.333. The normalized spacial score (nSPS) is 11.4. The minimum absolute atomic E-state index is 0.413. The first-order chi connectivity index (χ1) is 8.27. The number of ether oxygens (including phenoxy) is 1. The van der Waals surface area contributed by atoms with Gasteiger partial charge in [0.05, 0.1) is 7.11 Å². The molecule has 0 fully saturated rings. The van der Waals surface area contributed by atoms with Crippen molar-refractivity contribution in [1.29, 1.82) is 0 Å². The molecule has 0 radical (unpaired) electrons. The lowest BCUT2D eigenvalue weighted by atomic mass is 10.2. The average Bonchev–Trinajstić information content (AvgIpc) is 2.38. The van der Waals surface area contributed by atoms with Crippen LogP contribution in [0.4, 0.5) is 0 Å². The molecule has 0 aromatic heterocycles. The summed E-state index contributed by atoms with van der Waals surface area (Å²) < 4.78 is 4.54. The molecule has 0 spiro atoms. The number of isocyanates is 1. The Labute approximate surface area is 104 Å². The Kier molecular flexibility index (Phi) is 6.07. The van der Waals surface area contributed by atoms with Crippen LogP contribution in [0.5, 0.6) is 0 Å². The fourth-order valence-electron chi connectivity index (χ4n) is 1.22. The summed E-state index contributed by atoms with van der Waals surface area (Å²) in [4.78, 5) is 24.8. The summed E-state index contributed by atoms with van der Waals surface area (Å²) in [5.41, 5.74) is 1.16. The number of carbonyl (C=O) groups excluding carboxylic acids is 2. The van der Waals surface area contributed by atoms with Gasteiger partial charge in [-0.3, -0.25) is 0 Å². The van der Waals surface area contributed by atoms with Gasteiger partial charge < -0.3 is 4.74 Å². The number of esters is 1. The van der Waals surface area contributed by atoms with Crippen molar-refractivity contribution < 1.29 is 14.3 Å². The van der Waals surface area contributed by atoms with Crippen molar-refractivity contribution in [2.24, 2.45) is 4.99 Å². The standard InChI is InChI=1S/C12H13NO3S/c1-16-12(15)11(13-9-14)8-17-7-10-5-3-2-4-6-10/h2-6,11H,7-8H2,1H3/t11-/m0/s1. The Balaban J connectivity index is 2.42. The molecule has 0 amide bonds. The minimum Gasteiger partial charge on any atom is -0.467 e. The van der Waals surface area contributed by atoms with E-state index >= 15 is 0 Å². The van der Waals surface area contributed by atoms with Gasteiger partial charge >= 0.3 is 5.97 Å². The summed E-state index contributed by atoms with van der Waals surface area (Å²) in [6.45, 7) is 0. The predicted molar refractivity (Wildman–Crippen MR) is 66.5 cm³/mol.